The Bertz CT molecular complexity index is 658. The smallest absolute Gasteiger partial charge is 0.418 e. The first-order valence-corrected chi connectivity index (χ1v) is 7.41. The highest BCUT2D eigenvalue weighted by atomic mass is 35.5. The zero-order chi connectivity index (χ0) is 18.1. The third-order valence-electron chi connectivity index (χ3n) is 3.94. The number of hydrogen-bond donors (Lipinski definition) is 0. The van der Waals surface area contributed by atoms with Crippen LogP contribution in [0.1, 0.15) is 18.4 Å². The number of piperidine rings is 1. The summed E-state index contributed by atoms with van der Waals surface area (Å²) in [6.07, 6.45) is -4.00. The van der Waals surface area contributed by atoms with Crippen LogP contribution in [0, 0.1) is 16.0 Å². The second-order valence-electron chi connectivity index (χ2n) is 5.36. The van der Waals surface area contributed by atoms with Gasteiger partial charge in [0, 0.05) is 19.2 Å². The van der Waals surface area contributed by atoms with Gasteiger partial charge >= 0.3 is 12.1 Å². The second-order valence-corrected chi connectivity index (χ2v) is 5.77. The largest absolute Gasteiger partial charge is 0.469 e. The molecule has 24 heavy (non-hydrogen) atoms. The highest BCUT2D eigenvalue weighted by Gasteiger charge is 2.37. The minimum absolute atomic E-state index is 0.0151. The molecule has 2 rings (SSSR count). The van der Waals surface area contributed by atoms with Gasteiger partial charge in [-0.3, -0.25) is 14.9 Å². The number of ether oxygens (including phenoxy) is 1. The van der Waals surface area contributed by atoms with E-state index in [9.17, 15) is 28.1 Å². The summed E-state index contributed by atoms with van der Waals surface area (Å²) in [6, 6.07) is 1.41. The van der Waals surface area contributed by atoms with Crippen LogP contribution < -0.4 is 4.90 Å². The van der Waals surface area contributed by atoms with E-state index in [4.69, 9.17) is 11.6 Å². The normalized spacial score (nSPS) is 16.1. The van der Waals surface area contributed by atoms with Gasteiger partial charge in [0.15, 0.2) is 0 Å². The predicted octanol–water partition coefficient (Wildman–Crippen LogP) is 3.66. The summed E-state index contributed by atoms with van der Waals surface area (Å²) < 4.78 is 43.3. The molecule has 0 radical (unpaired) electrons. The van der Waals surface area contributed by atoms with Crippen LogP contribution in [0.5, 0.6) is 0 Å². The number of rotatable bonds is 3. The second kappa shape index (κ2) is 6.84. The van der Waals surface area contributed by atoms with Gasteiger partial charge in [-0.25, -0.2) is 0 Å². The van der Waals surface area contributed by atoms with E-state index in [1.807, 2.05) is 0 Å². The van der Waals surface area contributed by atoms with Crippen molar-refractivity contribution >= 4 is 28.9 Å². The summed E-state index contributed by atoms with van der Waals surface area (Å²) in [6.45, 7) is 0.560. The molecule has 0 saturated carbocycles. The molecule has 0 atom stereocenters. The maximum Gasteiger partial charge on any atom is 0.418 e. The molecule has 1 saturated heterocycles. The van der Waals surface area contributed by atoms with Crippen LogP contribution >= 0.6 is 11.6 Å². The Morgan fingerprint density at radius 3 is 2.42 bits per heavy atom. The van der Waals surface area contributed by atoms with Crippen LogP contribution in [0.4, 0.5) is 24.5 Å². The van der Waals surface area contributed by atoms with E-state index in [2.05, 4.69) is 4.74 Å². The summed E-state index contributed by atoms with van der Waals surface area (Å²) in [4.78, 5) is 23.4. The SMILES string of the molecule is COC(=O)C1CCN(c2cc(Cl)c(C(F)(F)F)cc2[N+](=O)[O-])CC1. The number of anilines is 1. The fourth-order valence-corrected chi connectivity index (χ4v) is 2.96. The number of benzene rings is 1. The van der Waals surface area contributed by atoms with Gasteiger partial charge in [-0.1, -0.05) is 11.6 Å². The number of methoxy groups -OCH3 is 1. The highest BCUT2D eigenvalue weighted by molar-refractivity contribution is 6.31. The Kier molecular flexibility index (Phi) is 5.22. The highest BCUT2D eigenvalue weighted by Crippen LogP contribution is 2.42. The van der Waals surface area contributed by atoms with Crippen LogP contribution in [0.2, 0.25) is 5.02 Å². The predicted molar refractivity (Wildman–Crippen MR) is 80.1 cm³/mol. The number of esters is 1. The molecule has 1 fully saturated rings. The molecule has 132 valence electrons. The van der Waals surface area contributed by atoms with Crippen molar-refractivity contribution in [2.45, 2.75) is 19.0 Å². The topological polar surface area (TPSA) is 72.7 Å². The first-order chi connectivity index (χ1) is 11.1. The Morgan fingerprint density at radius 1 is 1.38 bits per heavy atom. The standard InChI is InChI=1S/C14H14ClF3N2O4/c1-24-13(21)8-2-4-19(5-3-8)11-7-10(15)9(14(16,17)18)6-12(11)20(22)23/h6-8H,2-5H2,1H3. The molecule has 0 unspecified atom stereocenters. The van der Waals surface area contributed by atoms with Gasteiger partial charge in [-0.15, -0.1) is 0 Å². The maximum atomic E-state index is 12.9. The molecule has 1 aromatic carbocycles. The van der Waals surface area contributed by atoms with Gasteiger partial charge < -0.3 is 9.64 Å². The number of hydrogen-bond acceptors (Lipinski definition) is 5. The lowest BCUT2D eigenvalue weighted by atomic mass is 9.96. The van der Waals surface area contributed by atoms with Crippen LogP contribution in [0.15, 0.2) is 12.1 Å². The van der Waals surface area contributed by atoms with Crippen molar-refractivity contribution in [1.29, 1.82) is 0 Å². The zero-order valence-corrected chi connectivity index (χ0v) is 13.4. The lowest BCUT2D eigenvalue weighted by molar-refractivity contribution is -0.384. The molecule has 1 aliphatic heterocycles. The van der Waals surface area contributed by atoms with Gasteiger partial charge in [0.05, 0.1) is 28.5 Å². The van der Waals surface area contributed by atoms with E-state index in [1.165, 1.54) is 7.11 Å². The van der Waals surface area contributed by atoms with E-state index in [0.29, 0.717) is 18.9 Å². The molecule has 0 bridgehead atoms. The van der Waals surface area contributed by atoms with Crippen molar-refractivity contribution in [1.82, 2.24) is 0 Å². The van der Waals surface area contributed by atoms with Gasteiger partial charge in [0.25, 0.3) is 5.69 Å². The molecule has 6 nitrogen and oxygen atoms in total. The van der Waals surface area contributed by atoms with E-state index >= 15 is 0 Å². The summed E-state index contributed by atoms with van der Waals surface area (Å²) >= 11 is 5.67. The molecule has 0 aliphatic carbocycles. The molecule has 1 aromatic rings. The maximum absolute atomic E-state index is 12.9. The first-order valence-electron chi connectivity index (χ1n) is 7.03. The number of carbonyl (C=O) groups is 1. The molecule has 0 spiro atoms. The molecular formula is C14H14ClF3N2O4. The quantitative estimate of drug-likeness (QED) is 0.464. The van der Waals surface area contributed by atoms with E-state index in [-0.39, 0.29) is 30.7 Å². The molecule has 0 aromatic heterocycles. The summed E-state index contributed by atoms with van der Waals surface area (Å²) in [7, 11) is 1.27. The van der Waals surface area contributed by atoms with Crippen LogP contribution in [-0.2, 0) is 15.7 Å². The third-order valence-corrected chi connectivity index (χ3v) is 4.25. The summed E-state index contributed by atoms with van der Waals surface area (Å²) in [5.41, 5.74) is -1.89. The Balaban J connectivity index is 2.32. The average Bonchev–Trinajstić information content (AvgIpc) is 2.52. The van der Waals surface area contributed by atoms with Crippen molar-refractivity contribution in [3.63, 3.8) is 0 Å². The van der Waals surface area contributed by atoms with Gasteiger partial charge in [0.2, 0.25) is 0 Å². The van der Waals surface area contributed by atoms with Crippen LogP contribution in [0.3, 0.4) is 0 Å². The fraction of sp³-hybridized carbons (Fsp3) is 0.500. The minimum atomic E-state index is -4.78. The summed E-state index contributed by atoms with van der Waals surface area (Å²) in [5, 5.41) is 10.6. The van der Waals surface area contributed by atoms with Crippen molar-refractivity contribution in [2.75, 3.05) is 25.1 Å². The lowest BCUT2D eigenvalue weighted by Crippen LogP contribution is -2.37. The van der Waals surface area contributed by atoms with Crippen molar-refractivity contribution < 1.29 is 27.6 Å². The number of nitrogens with zero attached hydrogens (tertiary/aromatic N) is 2. The molecule has 10 heteroatoms. The third kappa shape index (κ3) is 3.72. The number of halogens is 4. The number of carbonyl (C=O) groups excluding carboxylic acids is 1. The Labute approximate surface area is 140 Å². The lowest BCUT2D eigenvalue weighted by Gasteiger charge is -2.32. The average molecular weight is 367 g/mol. The van der Waals surface area contributed by atoms with Gasteiger partial charge in [0.1, 0.15) is 5.69 Å². The van der Waals surface area contributed by atoms with E-state index in [1.54, 1.807) is 4.90 Å². The molecule has 0 N–H and O–H groups in total. The fourth-order valence-electron chi connectivity index (χ4n) is 2.69. The van der Waals surface area contributed by atoms with Gasteiger partial charge in [-0.2, -0.15) is 13.2 Å². The number of nitro groups is 1. The zero-order valence-electron chi connectivity index (χ0n) is 12.6. The first kappa shape index (κ1) is 18.3. The number of nitro benzene ring substituents is 1. The molecule has 1 heterocycles. The molecule has 0 amide bonds. The van der Waals surface area contributed by atoms with Crippen LogP contribution in [-0.4, -0.2) is 31.1 Å². The van der Waals surface area contributed by atoms with E-state index < -0.39 is 27.4 Å². The van der Waals surface area contributed by atoms with Crippen molar-refractivity contribution in [3.8, 4) is 0 Å². The van der Waals surface area contributed by atoms with E-state index in [0.717, 1.165) is 6.07 Å². The molecular weight excluding hydrogens is 353 g/mol. The van der Waals surface area contributed by atoms with Crippen molar-refractivity contribution in [3.05, 3.63) is 32.8 Å². The summed E-state index contributed by atoms with van der Waals surface area (Å²) in [5.74, 6) is -0.690. The Hall–Kier alpha value is -2.03. The minimum Gasteiger partial charge on any atom is -0.469 e. The Morgan fingerprint density at radius 2 is 1.96 bits per heavy atom. The van der Waals surface area contributed by atoms with Crippen molar-refractivity contribution in [2.24, 2.45) is 5.92 Å². The van der Waals surface area contributed by atoms with Crippen LogP contribution in [0.25, 0.3) is 0 Å². The monoisotopic (exact) mass is 366 g/mol. The van der Waals surface area contributed by atoms with Gasteiger partial charge in [-0.05, 0) is 18.9 Å². The molecule has 1 aliphatic rings. The number of alkyl halides is 3.